The van der Waals surface area contributed by atoms with Crippen LogP contribution in [0.3, 0.4) is 0 Å². The molecule has 2 amide bonds. The molecular weight excluding hydrogens is 488 g/mol. The number of hydrogen-bond acceptors (Lipinski definition) is 6. The summed E-state index contributed by atoms with van der Waals surface area (Å²) in [5, 5.41) is 3.84. The van der Waals surface area contributed by atoms with Crippen LogP contribution < -0.4 is 5.32 Å². The van der Waals surface area contributed by atoms with Gasteiger partial charge in [0.1, 0.15) is 17.7 Å². The van der Waals surface area contributed by atoms with E-state index in [9.17, 15) is 19.2 Å². The highest BCUT2D eigenvalue weighted by molar-refractivity contribution is 8.03. The van der Waals surface area contributed by atoms with Crippen LogP contribution in [0.1, 0.15) is 22.8 Å². The van der Waals surface area contributed by atoms with Gasteiger partial charge in [-0.1, -0.05) is 91.0 Å². The zero-order valence-electron chi connectivity index (χ0n) is 19.7. The Morgan fingerprint density at radius 3 is 2.05 bits per heavy atom. The van der Waals surface area contributed by atoms with E-state index in [-0.39, 0.29) is 17.9 Å². The first-order valence-corrected chi connectivity index (χ1v) is 12.8. The van der Waals surface area contributed by atoms with Crippen LogP contribution in [0, 0.1) is 0 Å². The Morgan fingerprint density at radius 1 is 0.919 bits per heavy atom. The number of amides is 2. The predicted octanol–water partition coefficient (Wildman–Crippen LogP) is 3.41. The summed E-state index contributed by atoms with van der Waals surface area (Å²) < 4.78 is 5.96. The molecule has 0 aromatic heterocycles. The summed E-state index contributed by atoms with van der Waals surface area (Å²) in [5.74, 6) is -1.42. The van der Waals surface area contributed by atoms with Crippen molar-refractivity contribution in [1.29, 1.82) is 0 Å². The maximum atomic E-state index is 13.5. The van der Waals surface area contributed by atoms with Gasteiger partial charge in [0.25, 0.3) is 0 Å². The van der Waals surface area contributed by atoms with Crippen LogP contribution in [0.2, 0.25) is 0 Å². The molecule has 37 heavy (non-hydrogen) atoms. The Morgan fingerprint density at radius 2 is 1.49 bits per heavy atom. The summed E-state index contributed by atoms with van der Waals surface area (Å²) in [6.45, 7) is 0. The Labute approximate surface area is 218 Å². The molecule has 2 aliphatic rings. The molecule has 8 heteroatoms. The number of carbonyl (C=O) groups excluding carboxylic acids is 4. The predicted molar refractivity (Wildman–Crippen MR) is 139 cm³/mol. The van der Waals surface area contributed by atoms with Gasteiger partial charge in [0.05, 0.1) is 6.42 Å². The van der Waals surface area contributed by atoms with Gasteiger partial charge in [-0.15, -0.1) is 11.8 Å². The van der Waals surface area contributed by atoms with Crippen LogP contribution in [0.25, 0.3) is 0 Å². The molecule has 3 aromatic rings. The summed E-state index contributed by atoms with van der Waals surface area (Å²) in [6.07, 6.45) is -0.00345. The second kappa shape index (κ2) is 10.8. The normalized spacial score (nSPS) is 20.4. The number of ether oxygens (including phenoxy) is 1. The molecule has 186 valence electrons. The van der Waals surface area contributed by atoms with E-state index in [1.807, 2.05) is 91.0 Å². The molecular formula is C29H24N2O5S. The van der Waals surface area contributed by atoms with Crippen molar-refractivity contribution in [2.24, 2.45) is 0 Å². The van der Waals surface area contributed by atoms with Gasteiger partial charge in [0.15, 0.2) is 12.1 Å². The first-order valence-electron chi connectivity index (χ1n) is 11.8. The second-order valence-corrected chi connectivity index (χ2v) is 9.75. The van der Waals surface area contributed by atoms with E-state index >= 15 is 0 Å². The number of esters is 1. The zero-order valence-corrected chi connectivity index (χ0v) is 20.5. The minimum Gasteiger partial charge on any atom is -0.451 e. The summed E-state index contributed by atoms with van der Waals surface area (Å²) in [6, 6.07) is 25.8. The van der Waals surface area contributed by atoms with Crippen molar-refractivity contribution in [3.63, 3.8) is 0 Å². The molecule has 7 nitrogen and oxygen atoms in total. The molecule has 5 rings (SSSR count). The van der Waals surface area contributed by atoms with E-state index in [2.05, 4.69) is 5.32 Å². The molecule has 1 saturated heterocycles. The number of β-lactam (4-membered cyclic amide) rings is 1. The first-order chi connectivity index (χ1) is 18.1. The molecule has 1 fully saturated rings. The largest absolute Gasteiger partial charge is 0.451 e. The number of thioether (sulfide) groups is 1. The fraction of sp³-hybridized carbons (Fsp3) is 0.172. The quantitative estimate of drug-likeness (QED) is 0.283. The van der Waals surface area contributed by atoms with Crippen LogP contribution in [0.4, 0.5) is 0 Å². The van der Waals surface area contributed by atoms with Gasteiger partial charge in [-0.2, -0.15) is 0 Å². The number of fused-ring (bicyclic) bond motifs is 1. The number of benzene rings is 3. The number of rotatable bonds is 8. The van der Waals surface area contributed by atoms with E-state index in [0.717, 1.165) is 16.7 Å². The third-order valence-corrected chi connectivity index (χ3v) is 7.53. The third-order valence-electron chi connectivity index (χ3n) is 6.34. The van der Waals surface area contributed by atoms with Crippen molar-refractivity contribution in [3.05, 3.63) is 119 Å². The lowest BCUT2D eigenvalue weighted by Gasteiger charge is -2.51. The average molecular weight is 513 g/mol. The fourth-order valence-corrected chi connectivity index (χ4v) is 5.70. The van der Waals surface area contributed by atoms with Crippen molar-refractivity contribution in [2.45, 2.75) is 30.0 Å². The number of aldehydes is 1. The summed E-state index contributed by atoms with van der Waals surface area (Å²) in [7, 11) is 0. The van der Waals surface area contributed by atoms with Gasteiger partial charge in [0.2, 0.25) is 11.8 Å². The molecule has 0 bridgehead atoms. The average Bonchev–Trinajstić information content (AvgIpc) is 2.95. The standard InChI is InChI=1S/C29H24N2O5S/c32-17-22-18-37-28-24(30-23(33)16-19-10-4-1-5-11-19)27(34)31(28)25(22)29(35)36-26(20-12-6-2-7-13-20)21-14-8-3-9-15-21/h1-15,17-18,24-26,28H,16H2,(H,30,33)/t24?,25?,28-/m0/s1. The van der Waals surface area contributed by atoms with Gasteiger partial charge in [-0.3, -0.25) is 14.4 Å². The van der Waals surface area contributed by atoms with E-state index in [0.29, 0.717) is 6.29 Å². The van der Waals surface area contributed by atoms with E-state index in [1.54, 1.807) is 5.41 Å². The SMILES string of the molecule is O=CC1=CS[C@H]2C(NC(=O)Cc3ccccc3)C(=O)N2C1C(=O)OC(c1ccccc1)c1ccccc1. The zero-order chi connectivity index (χ0) is 25.8. The Hall–Kier alpha value is -4.17. The van der Waals surface area contributed by atoms with Crippen molar-refractivity contribution < 1.29 is 23.9 Å². The molecule has 2 unspecified atom stereocenters. The molecule has 3 aromatic carbocycles. The highest BCUT2D eigenvalue weighted by Crippen LogP contribution is 2.40. The summed E-state index contributed by atoms with van der Waals surface area (Å²) in [4.78, 5) is 52.4. The molecule has 0 spiro atoms. The smallest absolute Gasteiger partial charge is 0.334 e. The van der Waals surface area contributed by atoms with E-state index < -0.39 is 35.4 Å². The fourth-order valence-electron chi connectivity index (χ4n) is 4.52. The topological polar surface area (TPSA) is 92.8 Å². The minimum atomic E-state index is -1.19. The summed E-state index contributed by atoms with van der Waals surface area (Å²) in [5.41, 5.74) is 2.51. The summed E-state index contributed by atoms with van der Waals surface area (Å²) >= 11 is 1.23. The van der Waals surface area contributed by atoms with Crippen LogP contribution >= 0.6 is 11.8 Å². The first kappa shape index (κ1) is 24.5. The molecule has 0 radical (unpaired) electrons. The highest BCUT2D eigenvalue weighted by Gasteiger charge is 2.56. The Bertz CT molecular complexity index is 1290. The van der Waals surface area contributed by atoms with Gasteiger partial charge in [0, 0.05) is 5.57 Å². The lowest BCUT2D eigenvalue weighted by molar-refractivity contribution is -0.165. The Balaban J connectivity index is 1.34. The molecule has 3 atom stereocenters. The molecule has 0 aliphatic carbocycles. The second-order valence-electron chi connectivity index (χ2n) is 8.76. The Kier molecular flexibility index (Phi) is 7.18. The van der Waals surface area contributed by atoms with Crippen molar-refractivity contribution in [3.8, 4) is 0 Å². The molecule has 1 N–H and O–H groups in total. The van der Waals surface area contributed by atoms with Crippen molar-refractivity contribution in [2.75, 3.05) is 0 Å². The maximum Gasteiger partial charge on any atom is 0.334 e. The van der Waals surface area contributed by atoms with E-state index in [1.165, 1.54) is 16.7 Å². The monoisotopic (exact) mass is 512 g/mol. The van der Waals surface area contributed by atoms with Gasteiger partial charge < -0.3 is 15.0 Å². The molecule has 2 heterocycles. The maximum absolute atomic E-state index is 13.5. The van der Waals surface area contributed by atoms with Crippen LogP contribution in [-0.4, -0.2) is 46.4 Å². The van der Waals surface area contributed by atoms with Crippen LogP contribution in [0.5, 0.6) is 0 Å². The number of hydrogen-bond donors (Lipinski definition) is 1. The van der Waals surface area contributed by atoms with Gasteiger partial charge in [-0.25, -0.2) is 4.79 Å². The molecule has 2 aliphatic heterocycles. The van der Waals surface area contributed by atoms with Crippen molar-refractivity contribution in [1.82, 2.24) is 10.2 Å². The third kappa shape index (κ3) is 5.06. The highest BCUT2D eigenvalue weighted by atomic mass is 32.2. The lowest BCUT2D eigenvalue weighted by atomic mass is 9.97. The minimum absolute atomic E-state index is 0.138. The molecule has 0 saturated carbocycles. The number of nitrogens with zero attached hydrogens (tertiary/aromatic N) is 1. The van der Waals surface area contributed by atoms with Gasteiger partial charge in [-0.05, 0) is 22.1 Å². The van der Waals surface area contributed by atoms with Gasteiger partial charge >= 0.3 is 5.97 Å². The van der Waals surface area contributed by atoms with Crippen LogP contribution in [-0.2, 0) is 30.3 Å². The number of carbonyl (C=O) groups is 4. The van der Waals surface area contributed by atoms with Crippen molar-refractivity contribution >= 4 is 35.8 Å². The number of nitrogens with one attached hydrogen (secondary N) is 1. The lowest BCUT2D eigenvalue weighted by Crippen LogP contribution is -2.74. The van der Waals surface area contributed by atoms with E-state index in [4.69, 9.17) is 4.74 Å². The van der Waals surface area contributed by atoms with Crippen LogP contribution in [0.15, 0.2) is 102 Å².